The average molecular weight is 261 g/mol. The van der Waals surface area contributed by atoms with Crippen LogP contribution in [0.5, 0.6) is 0 Å². The molecule has 1 aromatic rings. The van der Waals surface area contributed by atoms with E-state index in [1.165, 1.54) is 0 Å². The van der Waals surface area contributed by atoms with E-state index in [-0.39, 0.29) is 17.9 Å². The van der Waals surface area contributed by atoms with E-state index in [9.17, 15) is 4.79 Å². The SMILES string of the molecule is Cc1cccnc1C(NC(=O)C1CCNC1)C(C)C. The third-order valence-corrected chi connectivity index (χ3v) is 3.74. The number of carbonyl (C=O) groups is 1. The zero-order chi connectivity index (χ0) is 13.8. The monoisotopic (exact) mass is 261 g/mol. The van der Waals surface area contributed by atoms with Crippen molar-refractivity contribution in [1.29, 1.82) is 0 Å². The summed E-state index contributed by atoms with van der Waals surface area (Å²) in [4.78, 5) is 16.7. The normalized spacial score (nSPS) is 20.5. The third-order valence-electron chi connectivity index (χ3n) is 3.74. The van der Waals surface area contributed by atoms with Crippen molar-refractivity contribution in [2.24, 2.45) is 11.8 Å². The Labute approximate surface area is 115 Å². The predicted octanol–water partition coefficient (Wildman–Crippen LogP) is 1.81. The van der Waals surface area contributed by atoms with Crippen LogP contribution in [0.3, 0.4) is 0 Å². The zero-order valence-electron chi connectivity index (χ0n) is 11.9. The van der Waals surface area contributed by atoms with Crippen LogP contribution in [0.2, 0.25) is 0 Å². The molecule has 0 saturated carbocycles. The number of pyridine rings is 1. The summed E-state index contributed by atoms with van der Waals surface area (Å²) in [7, 11) is 0. The first-order valence-corrected chi connectivity index (χ1v) is 7.02. The van der Waals surface area contributed by atoms with E-state index in [0.29, 0.717) is 5.92 Å². The third kappa shape index (κ3) is 3.32. The molecule has 4 heteroatoms. The van der Waals surface area contributed by atoms with Gasteiger partial charge in [-0.05, 0) is 37.4 Å². The van der Waals surface area contributed by atoms with Crippen molar-refractivity contribution in [3.63, 3.8) is 0 Å². The molecule has 0 radical (unpaired) electrons. The molecule has 2 heterocycles. The van der Waals surface area contributed by atoms with E-state index in [0.717, 1.165) is 30.8 Å². The number of nitrogens with one attached hydrogen (secondary N) is 2. The quantitative estimate of drug-likeness (QED) is 0.869. The number of rotatable bonds is 4. The summed E-state index contributed by atoms with van der Waals surface area (Å²) in [5, 5.41) is 6.40. The summed E-state index contributed by atoms with van der Waals surface area (Å²) in [6, 6.07) is 3.97. The maximum Gasteiger partial charge on any atom is 0.224 e. The summed E-state index contributed by atoms with van der Waals surface area (Å²) >= 11 is 0. The van der Waals surface area contributed by atoms with Crippen LogP contribution in [0.15, 0.2) is 18.3 Å². The number of nitrogens with zero attached hydrogens (tertiary/aromatic N) is 1. The molecule has 1 aliphatic rings. The highest BCUT2D eigenvalue weighted by molar-refractivity contribution is 5.79. The highest BCUT2D eigenvalue weighted by atomic mass is 16.2. The lowest BCUT2D eigenvalue weighted by Crippen LogP contribution is -2.37. The fraction of sp³-hybridized carbons (Fsp3) is 0.600. The molecule has 2 atom stereocenters. The van der Waals surface area contributed by atoms with Crippen LogP contribution in [0.1, 0.15) is 37.6 Å². The molecular formula is C15H23N3O. The van der Waals surface area contributed by atoms with Gasteiger partial charge < -0.3 is 10.6 Å². The van der Waals surface area contributed by atoms with E-state index >= 15 is 0 Å². The topological polar surface area (TPSA) is 54.0 Å². The van der Waals surface area contributed by atoms with E-state index in [1.807, 2.05) is 19.1 Å². The lowest BCUT2D eigenvalue weighted by atomic mass is 9.96. The zero-order valence-corrected chi connectivity index (χ0v) is 11.9. The van der Waals surface area contributed by atoms with E-state index < -0.39 is 0 Å². The molecule has 104 valence electrons. The first-order chi connectivity index (χ1) is 9.09. The number of amides is 1. The Bertz CT molecular complexity index is 439. The number of aryl methyl sites for hydroxylation is 1. The van der Waals surface area contributed by atoms with Crippen LogP contribution in [-0.2, 0) is 4.79 Å². The number of carbonyl (C=O) groups excluding carboxylic acids is 1. The molecule has 2 N–H and O–H groups in total. The van der Waals surface area contributed by atoms with Crippen LogP contribution in [0.4, 0.5) is 0 Å². The lowest BCUT2D eigenvalue weighted by Gasteiger charge is -2.24. The van der Waals surface area contributed by atoms with Crippen molar-refractivity contribution in [2.45, 2.75) is 33.2 Å². The number of hydrogen-bond donors (Lipinski definition) is 2. The van der Waals surface area contributed by atoms with Crippen LogP contribution in [-0.4, -0.2) is 24.0 Å². The van der Waals surface area contributed by atoms with E-state index in [4.69, 9.17) is 0 Å². The molecular weight excluding hydrogens is 238 g/mol. The van der Waals surface area contributed by atoms with E-state index in [1.54, 1.807) is 6.20 Å². The molecule has 1 aromatic heterocycles. The minimum absolute atomic E-state index is 0.00528. The predicted molar refractivity (Wildman–Crippen MR) is 75.7 cm³/mol. The molecule has 0 aliphatic carbocycles. The average Bonchev–Trinajstić information content (AvgIpc) is 2.90. The Hall–Kier alpha value is -1.42. The maximum absolute atomic E-state index is 12.3. The Balaban J connectivity index is 2.12. The van der Waals surface area contributed by atoms with Gasteiger partial charge in [0, 0.05) is 12.7 Å². The second-order valence-electron chi connectivity index (χ2n) is 5.63. The molecule has 1 fully saturated rings. The van der Waals surface area contributed by atoms with Gasteiger partial charge in [0.2, 0.25) is 5.91 Å². The van der Waals surface area contributed by atoms with Gasteiger partial charge in [-0.1, -0.05) is 19.9 Å². The molecule has 0 spiro atoms. The molecule has 1 aliphatic heterocycles. The van der Waals surface area contributed by atoms with Crippen molar-refractivity contribution >= 4 is 5.91 Å². The van der Waals surface area contributed by atoms with Gasteiger partial charge in [0.25, 0.3) is 0 Å². The van der Waals surface area contributed by atoms with Crippen molar-refractivity contribution in [2.75, 3.05) is 13.1 Å². The maximum atomic E-state index is 12.3. The van der Waals surface area contributed by atoms with Crippen LogP contribution in [0.25, 0.3) is 0 Å². The largest absolute Gasteiger partial charge is 0.347 e. The highest BCUT2D eigenvalue weighted by Crippen LogP contribution is 2.23. The first-order valence-electron chi connectivity index (χ1n) is 7.02. The molecule has 0 bridgehead atoms. The smallest absolute Gasteiger partial charge is 0.224 e. The van der Waals surface area contributed by atoms with Crippen molar-refractivity contribution in [1.82, 2.24) is 15.6 Å². The minimum Gasteiger partial charge on any atom is -0.347 e. The number of aromatic nitrogens is 1. The Morgan fingerprint density at radius 3 is 2.89 bits per heavy atom. The molecule has 0 aromatic carbocycles. The van der Waals surface area contributed by atoms with Crippen LogP contribution >= 0.6 is 0 Å². The minimum atomic E-state index is -0.00528. The van der Waals surface area contributed by atoms with Gasteiger partial charge in [-0.2, -0.15) is 0 Å². The molecule has 1 saturated heterocycles. The summed E-state index contributed by atoms with van der Waals surface area (Å²) in [6.07, 6.45) is 2.72. The highest BCUT2D eigenvalue weighted by Gasteiger charge is 2.27. The Kier molecular flexibility index (Phi) is 4.53. The molecule has 19 heavy (non-hydrogen) atoms. The van der Waals surface area contributed by atoms with Crippen molar-refractivity contribution in [3.8, 4) is 0 Å². The van der Waals surface area contributed by atoms with Crippen LogP contribution < -0.4 is 10.6 Å². The fourth-order valence-electron chi connectivity index (χ4n) is 2.52. The fourth-order valence-corrected chi connectivity index (χ4v) is 2.52. The summed E-state index contributed by atoms with van der Waals surface area (Å²) in [5.41, 5.74) is 2.11. The summed E-state index contributed by atoms with van der Waals surface area (Å²) in [6.45, 7) is 8.00. The summed E-state index contributed by atoms with van der Waals surface area (Å²) in [5.74, 6) is 0.575. The molecule has 2 unspecified atom stereocenters. The van der Waals surface area contributed by atoms with Gasteiger partial charge in [-0.25, -0.2) is 0 Å². The molecule has 1 amide bonds. The van der Waals surface area contributed by atoms with E-state index in [2.05, 4.69) is 29.5 Å². The first kappa shape index (κ1) is 14.0. The van der Waals surface area contributed by atoms with Gasteiger partial charge in [-0.15, -0.1) is 0 Å². The van der Waals surface area contributed by atoms with Gasteiger partial charge >= 0.3 is 0 Å². The molecule has 4 nitrogen and oxygen atoms in total. The lowest BCUT2D eigenvalue weighted by molar-refractivity contribution is -0.125. The van der Waals surface area contributed by atoms with Crippen molar-refractivity contribution in [3.05, 3.63) is 29.6 Å². The molecule has 2 rings (SSSR count). The second-order valence-corrected chi connectivity index (χ2v) is 5.63. The van der Waals surface area contributed by atoms with Crippen LogP contribution in [0, 0.1) is 18.8 Å². The standard InChI is InChI=1S/C15H23N3O/c1-10(2)13(14-11(3)5-4-7-17-14)18-15(19)12-6-8-16-9-12/h4-5,7,10,12-13,16H,6,8-9H2,1-3H3,(H,18,19). The summed E-state index contributed by atoms with van der Waals surface area (Å²) < 4.78 is 0. The van der Waals surface area contributed by atoms with Crippen molar-refractivity contribution < 1.29 is 4.79 Å². The Morgan fingerprint density at radius 1 is 1.53 bits per heavy atom. The van der Waals surface area contributed by atoms with Gasteiger partial charge in [0.1, 0.15) is 0 Å². The Morgan fingerprint density at radius 2 is 2.32 bits per heavy atom. The van der Waals surface area contributed by atoms with Gasteiger partial charge in [0.05, 0.1) is 17.7 Å². The van der Waals surface area contributed by atoms with Gasteiger partial charge in [-0.3, -0.25) is 9.78 Å². The number of hydrogen-bond acceptors (Lipinski definition) is 3. The second kappa shape index (κ2) is 6.15. The van der Waals surface area contributed by atoms with Gasteiger partial charge in [0.15, 0.2) is 0 Å².